The summed E-state index contributed by atoms with van der Waals surface area (Å²) in [6.07, 6.45) is -0.573. The number of carbonyl (C=O) groups excluding carboxylic acids is 1. The molecule has 1 heterocycles. The standard InChI is InChI=1S/C17H16O3/c1-12-8-6-7-11-14(12)17(13-9-4-3-5-10-13)15(20-17)16(18)19-2/h3-11,15H,1-2H3. The topological polar surface area (TPSA) is 38.8 Å². The van der Waals surface area contributed by atoms with Gasteiger partial charge in [0, 0.05) is 0 Å². The first-order valence-corrected chi connectivity index (χ1v) is 6.57. The molecule has 2 aromatic carbocycles. The molecular formula is C17H16O3. The number of hydrogen-bond acceptors (Lipinski definition) is 3. The Hall–Kier alpha value is -2.13. The first-order chi connectivity index (χ1) is 9.70. The van der Waals surface area contributed by atoms with Gasteiger partial charge in [-0.2, -0.15) is 0 Å². The number of ether oxygens (including phenoxy) is 2. The molecule has 3 rings (SSSR count). The maximum absolute atomic E-state index is 11.9. The second-order valence-corrected chi connectivity index (χ2v) is 4.94. The van der Waals surface area contributed by atoms with E-state index in [0.29, 0.717) is 0 Å². The van der Waals surface area contributed by atoms with E-state index in [0.717, 1.165) is 16.7 Å². The molecule has 0 saturated carbocycles. The molecule has 20 heavy (non-hydrogen) atoms. The van der Waals surface area contributed by atoms with Crippen molar-refractivity contribution in [3.63, 3.8) is 0 Å². The number of aryl methyl sites for hydroxylation is 1. The summed E-state index contributed by atoms with van der Waals surface area (Å²) in [5.41, 5.74) is 2.38. The van der Waals surface area contributed by atoms with Gasteiger partial charge in [0.1, 0.15) is 0 Å². The first kappa shape index (κ1) is 12.9. The van der Waals surface area contributed by atoms with Crippen LogP contribution in [0.4, 0.5) is 0 Å². The van der Waals surface area contributed by atoms with Gasteiger partial charge in [0.15, 0.2) is 11.7 Å². The monoisotopic (exact) mass is 268 g/mol. The number of epoxide rings is 1. The molecule has 1 fully saturated rings. The zero-order valence-electron chi connectivity index (χ0n) is 11.5. The lowest BCUT2D eigenvalue weighted by Crippen LogP contribution is -2.22. The van der Waals surface area contributed by atoms with Crippen molar-refractivity contribution < 1.29 is 14.3 Å². The predicted octanol–water partition coefficient (Wildman–Crippen LogP) is 2.81. The smallest absolute Gasteiger partial charge is 0.338 e. The molecule has 0 N–H and O–H groups in total. The summed E-state index contributed by atoms with van der Waals surface area (Å²) in [4.78, 5) is 11.9. The van der Waals surface area contributed by atoms with Gasteiger partial charge in [0.05, 0.1) is 7.11 Å². The lowest BCUT2D eigenvalue weighted by molar-refractivity contribution is -0.142. The molecule has 1 saturated heterocycles. The minimum atomic E-state index is -0.709. The molecule has 0 radical (unpaired) electrons. The molecule has 1 aliphatic heterocycles. The van der Waals surface area contributed by atoms with Crippen molar-refractivity contribution in [1.82, 2.24) is 0 Å². The van der Waals surface area contributed by atoms with E-state index in [9.17, 15) is 4.79 Å². The second-order valence-electron chi connectivity index (χ2n) is 4.94. The van der Waals surface area contributed by atoms with E-state index in [2.05, 4.69) is 0 Å². The van der Waals surface area contributed by atoms with E-state index in [-0.39, 0.29) is 5.97 Å². The van der Waals surface area contributed by atoms with Crippen molar-refractivity contribution in [3.05, 3.63) is 71.3 Å². The molecule has 2 atom stereocenters. The van der Waals surface area contributed by atoms with E-state index >= 15 is 0 Å². The zero-order valence-corrected chi connectivity index (χ0v) is 11.5. The maximum atomic E-state index is 11.9. The summed E-state index contributed by atoms with van der Waals surface area (Å²) < 4.78 is 10.7. The molecule has 0 bridgehead atoms. The Bertz CT molecular complexity index is 636. The number of methoxy groups -OCH3 is 1. The highest BCUT2D eigenvalue weighted by Crippen LogP contribution is 2.52. The normalized spacial score (nSPS) is 24.2. The van der Waals surface area contributed by atoms with Crippen LogP contribution >= 0.6 is 0 Å². The van der Waals surface area contributed by atoms with Crippen molar-refractivity contribution in [2.45, 2.75) is 18.6 Å². The van der Waals surface area contributed by atoms with Crippen LogP contribution in [0, 0.1) is 6.92 Å². The Morgan fingerprint density at radius 3 is 2.40 bits per heavy atom. The highest BCUT2D eigenvalue weighted by Gasteiger charge is 2.64. The summed E-state index contributed by atoms with van der Waals surface area (Å²) in [5.74, 6) is -0.336. The van der Waals surface area contributed by atoms with Gasteiger partial charge in [0.25, 0.3) is 0 Å². The van der Waals surface area contributed by atoms with Crippen molar-refractivity contribution in [3.8, 4) is 0 Å². The fourth-order valence-electron chi connectivity index (χ4n) is 2.73. The fraction of sp³-hybridized carbons (Fsp3) is 0.235. The van der Waals surface area contributed by atoms with Crippen LogP contribution in [0.2, 0.25) is 0 Å². The maximum Gasteiger partial charge on any atom is 0.338 e. The predicted molar refractivity (Wildman–Crippen MR) is 75.3 cm³/mol. The molecule has 0 spiro atoms. The Balaban J connectivity index is 2.13. The summed E-state index contributed by atoms with van der Waals surface area (Å²) in [6, 6.07) is 17.8. The van der Waals surface area contributed by atoms with Crippen molar-refractivity contribution >= 4 is 5.97 Å². The van der Waals surface area contributed by atoms with Gasteiger partial charge in [-0.05, 0) is 23.6 Å². The van der Waals surface area contributed by atoms with Gasteiger partial charge in [-0.25, -0.2) is 4.79 Å². The molecule has 2 unspecified atom stereocenters. The van der Waals surface area contributed by atoms with Gasteiger partial charge >= 0.3 is 5.97 Å². The lowest BCUT2D eigenvalue weighted by atomic mass is 9.85. The molecule has 1 aliphatic rings. The SMILES string of the molecule is COC(=O)C1OC1(c1ccccc1)c1ccccc1C. The van der Waals surface area contributed by atoms with Crippen molar-refractivity contribution in [2.24, 2.45) is 0 Å². The van der Waals surface area contributed by atoms with Crippen LogP contribution in [0.5, 0.6) is 0 Å². The van der Waals surface area contributed by atoms with E-state index in [1.54, 1.807) is 0 Å². The summed E-state index contributed by atoms with van der Waals surface area (Å²) in [5, 5.41) is 0. The molecule has 102 valence electrons. The quantitative estimate of drug-likeness (QED) is 0.634. The average molecular weight is 268 g/mol. The van der Waals surface area contributed by atoms with Gasteiger partial charge in [-0.1, -0.05) is 54.6 Å². The minimum Gasteiger partial charge on any atom is -0.467 e. The third kappa shape index (κ3) is 1.82. The molecule has 3 heteroatoms. The van der Waals surface area contributed by atoms with Crippen molar-refractivity contribution in [1.29, 1.82) is 0 Å². The first-order valence-electron chi connectivity index (χ1n) is 6.57. The van der Waals surface area contributed by atoms with Crippen LogP contribution in [0.25, 0.3) is 0 Å². The van der Waals surface area contributed by atoms with Crippen LogP contribution in [-0.2, 0) is 19.9 Å². The van der Waals surface area contributed by atoms with Crippen LogP contribution in [0.3, 0.4) is 0 Å². The third-order valence-electron chi connectivity index (χ3n) is 3.78. The van der Waals surface area contributed by atoms with Gasteiger partial charge < -0.3 is 9.47 Å². The Kier molecular flexibility index (Phi) is 3.07. The third-order valence-corrected chi connectivity index (χ3v) is 3.78. The van der Waals surface area contributed by atoms with Crippen LogP contribution in [0.1, 0.15) is 16.7 Å². The van der Waals surface area contributed by atoms with Gasteiger partial charge in [-0.3, -0.25) is 0 Å². The highest BCUT2D eigenvalue weighted by atomic mass is 16.7. The largest absolute Gasteiger partial charge is 0.467 e. The Labute approximate surface area is 118 Å². The Morgan fingerprint density at radius 2 is 1.75 bits per heavy atom. The second kappa shape index (κ2) is 4.76. The summed E-state index contributed by atoms with van der Waals surface area (Å²) in [7, 11) is 1.39. The van der Waals surface area contributed by atoms with E-state index in [1.807, 2.05) is 61.5 Å². The van der Waals surface area contributed by atoms with Gasteiger partial charge in [0.2, 0.25) is 0 Å². The molecular weight excluding hydrogens is 252 g/mol. The average Bonchev–Trinajstić information content (AvgIpc) is 3.24. The molecule has 3 nitrogen and oxygen atoms in total. The Morgan fingerprint density at radius 1 is 1.10 bits per heavy atom. The summed E-state index contributed by atoms with van der Waals surface area (Å²) in [6.45, 7) is 2.02. The fourth-order valence-corrected chi connectivity index (χ4v) is 2.73. The van der Waals surface area contributed by atoms with Crippen LogP contribution < -0.4 is 0 Å². The molecule has 0 amide bonds. The van der Waals surface area contributed by atoms with E-state index < -0.39 is 11.7 Å². The van der Waals surface area contributed by atoms with E-state index in [4.69, 9.17) is 9.47 Å². The number of benzene rings is 2. The molecule has 0 aliphatic carbocycles. The van der Waals surface area contributed by atoms with Gasteiger partial charge in [-0.15, -0.1) is 0 Å². The van der Waals surface area contributed by atoms with Crippen molar-refractivity contribution in [2.75, 3.05) is 7.11 Å². The van der Waals surface area contributed by atoms with Crippen LogP contribution in [0.15, 0.2) is 54.6 Å². The number of esters is 1. The zero-order chi connectivity index (χ0) is 14.2. The highest BCUT2D eigenvalue weighted by molar-refractivity contribution is 5.81. The molecule has 2 aromatic rings. The van der Waals surface area contributed by atoms with E-state index in [1.165, 1.54) is 7.11 Å². The number of rotatable bonds is 3. The molecule has 0 aromatic heterocycles. The lowest BCUT2D eigenvalue weighted by Gasteiger charge is -2.16. The number of hydrogen-bond donors (Lipinski definition) is 0. The number of carbonyl (C=O) groups is 1. The van der Waals surface area contributed by atoms with Crippen LogP contribution in [-0.4, -0.2) is 19.2 Å². The minimum absolute atomic E-state index is 0.336. The summed E-state index contributed by atoms with van der Waals surface area (Å²) >= 11 is 0.